The lowest BCUT2D eigenvalue weighted by Crippen LogP contribution is -2.41. The van der Waals surface area contributed by atoms with E-state index in [9.17, 15) is 9.18 Å². The molecule has 3 rings (SSSR count). The van der Waals surface area contributed by atoms with Crippen molar-refractivity contribution < 1.29 is 9.18 Å². The summed E-state index contributed by atoms with van der Waals surface area (Å²) in [5.41, 5.74) is 0.908. The maximum atomic E-state index is 13.5. The fraction of sp³-hybridized carbons (Fsp3) is 0.462. The van der Waals surface area contributed by atoms with Gasteiger partial charge in [-0.2, -0.15) is 0 Å². The van der Waals surface area contributed by atoms with Crippen LogP contribution in [0.4, 0.5) is 15.8 Å². The predicted octanol–water partition coefficient (Wildman–Crippen LogP) is 3.51. The minimum atomic E-state index is -0.401. The second-order valence-corrected chi connectivity index (χ2v) is 6.13. The van der Waals surface area contributed by atoms with E-state index in [1.807, 2.05) is 6.92 Å². The SMILES string of the molecule is CC12CCCC1Nc1cc(Br)c(F)cc1NC2=O. The molecule has 0 spiro atoms. The summed E-state index contributed by atoms with van der Waals surface area (Å²) in [7, 11) is 0. The minimum Gasteiger partial charge on any atom is -0.380 e. The Balaban J connectivity index is 2.08. The Kier molecular flexibility index (Phi) is 2.62. The normalized spacial score (nSPS) is 29.9. The van der Waals surface area contributed by atoms with E-state index < -0.39 is 5.41 Å². The Morgan fingerprint density at radius 1 is 1.44 bits per heavy atom. The van der Waals surface area contributed by atoms with Crippen LogP contribution in [-0.4, -0.2) is 11.9 Å². The molecule has 2 aliphatic rings. The van der Waals surface area contributed by atoms with Crippen LogP contribution in [0.2, 0.25) is 0 Å². The molecule has 3 nitrogen and oxygen atoms in total. The molecule has 1 aromatic rings. The number of fused-ring (bicyclic) bond motifs is 2. The molecular weight excluding hydrogens is 299 g/mol. The molecular formula is C13H14BrFN2O. The van der Waals surface area contributed by atoms with Crippen molar-refractivity contribution in [2.24, 2.45) is 5.41 Å². The molecule has 2 unspecified atom stereocenters. The lowest BCUT2D eigenvalue weighted by Gasteiger charge is -2.27. The van der Waals surface area contributed by atoms with Crippen molar-refractivity contribution in [2.75, 3.05) is 10.6 Å². The molecule has 1 amide bonds. The minimum absolute atomic E-state index is 0.0158. The average molecular weight is 313 g/mol. The second kappa shape index (κ2) is 3.95. The van der Waals surface area contributed by atoms with Crippen molar-refractivity contribution >= 4 is 33.2 Å². The van der Waals surface area contributed by atoms with Gasteiger partial charge in [-0.3, -0.25) is 4.79 Å². The first-order valence-electron chi connectivity index (χ1n) is 6.08. The van der Waals surface area contributed by atoms with E-state index in [0.717, 1.165) is 24.9 Å². The monoisotopic (exact) mass is 312 g/mol. The number of anilines is 2. The number of hydrogen-bond acceptors (Lipinski definition) is 2. The van der Waals surface area contributed by atoms with Gasteiger partial charge in [0.1, 0.15) is 5.82 Å². The van der Waals surface area contributed by atoms with Crippen molar-refractivity contribution in [3.8, 4) is 0 Å². The van der Waals surface area contributed by atoms with Gasteiger partial charge >= 0.3 is 0 Å². The highest BCUT2D eigenvalue weighted by molar-refractivity contribution is 9.10. The van der Waals surface area contributed by atoms with Gasteiger partial charge in [-0.1, -0.05) is 6.42 Å². The Hall–Kier alpha value is -1.10. The number of amides is 1. The largest absolute Gasteiger partial charge is 0.380 e. The van der Waals surface area contributed by atoms with Crippen LogP contribution in [0.15, 0.2) is 16.6 Å². The van der Waals surface area contributed by atoms with Crippen LogP contribution in [0.1, 0.15) is 26.2 Å². The van der Waals surface area contributed by atoms with Crippen molar-refractivity contribution in [2.45, 2.75) is 32.2 Å². The van der Waals surface area contributed by atoms with Crippen LogP contribution >= 0.6 is 15.9 Å². The van der Waals surface area contributed by atoms with Crippen LogP contribution in [0, 0.1) is 11.2 Å². The third-order valence-electron chi connectivity index (χ3n) is 4.12. The maximum Gasteiger partial charge on any atom is 0.232 e. The van der Waals surface area contributed by atoms with E-state index in [1.54, 1.807) is 6.07 Å². The van der Waals surface area contributed by atoms with Gasteiger partial charge in [0.25, 0.3) is 0 Å². The molecule has 2 N–H and O–H groups in total. The van der Waals surface area contributed by atoms with E-state index in [2.05, 4.69) is 26.6 Å². The zero-order valence-corrected chi connectivity index (χ0v) is 11.6. The highest BCUT2D eigenvalue weighted by atomic mass is 79.9. The molecule has 5 heteroatoms. The lowest BCUT2D eigenvalue weighted by atomic mass is 9.84. The average Bonchev–Trinajstić information content (AvgIpc) is 2.64. The molecule has 0 bridgehead atoms. The predicted molar refractivity (Wildman–Crippen MR) is 72.1 cm³/mol. The van der Waals surface area contributed by atoms with E-state index in [1.165, 1.54) is 6.07 Å². The number of carbonyl (C=O) groups is 1. The molecule has 0 saturated heterocycles. The summed E-state index contributed by atoms with van der Waals surface area (Å²) in [6, 6.07) is 3.17. The molecule has 2 atom stereocenters. The van der Waals surface area contributed by atoms with Crippen LogP contribution in [-0.2, 0) is 4.79 Å². The Morgan fingerprint density at radius 3 is 3.00 bits per heavy atom. The van der Waals surface area contributed by atoms with E-state index >= 15 is 0 Å². The van der Waals surface area contributed by atoms with Crippen LogP contribution in [0.5, 0.6) is 0 Å². The highest BCUT2D eigenvalue weighted by Gasteiger charge is 2.46. The molecule has 1 heterocycles. The summed E-state index contributed by atoms with van der Waals surface area (Å²) in [5.74, 6) is -0.383. The van der Waals surface area contributed by atoms with Crippen molar-refractivity contribution in [1.29, 1.82) is 0 Å². The second-order valence-electron chi connectivity index (χ2n) is 5.27. The molecule has 96 valence electrons. The van der Waals surface area contributed by atoms with Crippen LogP contribution in [0.3, 0.4) is 0 Å². The topological polar surface area (TPSA) is 41.1 Å². The van der Waals surface area contributed by atoms with Gasteiger partial charge in [0.2, 0.25) is 5.91 Å². The van der Waals surface area contributed by atoms with Gasteiger partial charge in [-0.05, 0) is 41.8 Å². The Morgan fingerprint density at radius 2 is 2.22 bits per heavy atom. The zero-order valence-electron chi connectivity index (χ0n) is 10.0. The molecule has 1 aromatic carbocycles. The van der Waals surface area contributed by atoms with Crippen molar-refractivity contribution in [3.05, 3.63) is 22.4 Å². The molecule has 1 fully saturated rings. The van der Waals surface area contributed by atoms with Crippen molar-refractivity contribution in [3.63, 3.8) is 0 Å². The molecule has 1 saturated carbocycles. The zero-order chi connectivity index (χ0) is 12.9. The standard InChI is InChI=1S/C13H14BrFN2O/c1-13-4-2-3-11(13)16-9-5-7(14)8(15)6-10(9)17-12(13)18/h5-6,11,16H,2-4H2,1H3,(H,17,18). The number of benzene rings is 1. The first-order chi connectivity index (χ1) is 8.50. The number of halogens is 2. The quantitative estimate of drug-likeness (QED) is 0.769. The number of rotatable bonds is 0. The molecule has 1 aliphatic carbocycles. The van der Waals surface area contributed by atoms with E-state index in [4.69, 9.17) is 0 Å². The smallest absolute Gasteiger partial charge is 0.232 e. The first-order valence-corrected chi connectivity index (χ1v) is 6.87. The number of nitrogens with one attached hydrogen (secondary N) is 2. The molecule has 1 aliphatic heterocycles. The summed E-state index contributed by atoms with van der Waals surface area (Å²) >= 11 is 3.17. The fourth-order valence-electron chi connectivity index (χ4n) is 2.89. The highest BCUT2D eigenvalue weighted by Crippen LogP contribution is 2.44. The first kappa shape index (κ1) is 12.0. The molecule has 0 aromatic heterocycles. The Bertz CT molecular complexity index is 534. The molecule has 0 radical (unpaired) electrons. The number of hydrogen-bond donors (Lipinski definition) is 2. The Labute approximate surface area is 113 Å². The van der Waals surface area contributed by atoms with Gasteiger partial charge in [0.15, 0.2) is 0 Å². The summed E-state index contributed by atoms with van der Waals surface area (Å²) in [6.45, 7) is 1.98. The van der Waals surface area contributed by atoms with Crippen molar-refractivity contribution in [1.82, 2.24) is 0 Å². The maximum absolute atomic E-state index is 13.5. The van der Waals surface area contributed by atoms with E-state index in [-0.39, 0.29) is 17.8 Å². The van der Waals surface area contributed by atoms with Gasteiger partial charge < -0.3 is 10.6 Å². The summed E-state index contributed by atoms with van der Waals surface area (Å²) < 4.78 is 13.9. The third-order valence-corrected chi connectivity index (χ3v) is 4.72. The summed E-state index contributed by atoms with van der Waals surface area (Å²) in [4.78, 5) is 12.3. The van der Waals surface area contributed by atoms with Gasteiger partial charge in [0.05, 0.1) is 21.3 Å². The van der Waals surface area contributed by atoms with Gasteiger partial charge in [-0.15, -0.1) is 0 Å². The van der Waals surface area contributed by atoms with E-state index in [0.29, 0.717) is 10.2 Å². The summed E-state index contributed by atoms with van der Waals surface area (Å²) in [5, 5.41) is 6.22. The fourth-order valence-corrected chi connectivity index (χ4v) is 3.24. The van der Waals surface area contributed by atoms with Crippen LogP contribution < -0.4 is 10.6 Å². The van der Waals surface area contributed by atoms with Gasteiger partial charge in [0, 0.05) is 12.1 Å². The summed E-state index contributed by atoms with van der Waals surface area (Å²) in [6.07, 6.45) is 2.88. The van der Waals surface area contributed by atoms with Crippen LogP contribution in [0.25, 0.3) is 0 Å². The van der Waals surface area contributed by atoms with Gasteiger partial charge in [-0.25, -0.2) is 4.39 Å². The lowest BCUT2D eigenvalue weighted by molar-refractivity contribution is -0.124. The third kappa shape index (κ3) is 1.64. The number of carbonyl (C=O) groups excluding carboxylic acids is 1. The molecule has 18 heavy (non-hydrogen) atoms.